The van der Waals surface area contributed by atoms with Crippen molar-refractivity contribution in [1.82, 2.24) is 0 Å². The van der Waals surface area contributed by atoms with Crippen LogP contribution < -0.4 is 5.73 Å². The van der Waals surface area contributed by atoms with Gasteiger partial charge in [0.15, 0.2) is 0 Å². The number of nitrogens with two attached hydrogens (primary N) is 1. The van der Waals surface area contributed by atoms with Crippen molar-refractivity contribution in [3.63, 3.8) is 0 Å². The van der Waals surface area contributed by atoms with Crippen LogP contribution in [0.3, 0.4) is 0 Å². The van der Waals surface area contributed by atoms with Gasteiger partial charge in [-0.25, -0.2) is 0 Å². The summed E-state index contributed by atoms with van der Waals surface area (Å²) in [5.41, 5.74) is 11.3. The third kappa shape index (κ3) is 4.59. The highest BCUT2D eigenvalue weighted by Gasteiger charge is 2.30. The number of carbonyl (C=O) groups excluding carboxylic acids is 1. The molecule has 0 bridgehead atoms. The normalized spacial score (nSPS) is 16.9. The molecule has 0 aromatic heterocycles. The molecule has 2 nitrogen and oxygen atoms in total. The monoisotopic (exact) mass is 383 g/mol. The van der Waals surface area contributed by atoms with Gasteiger partial charge in [0.25, 0.3) is 0 Å². The number of hydrogen-bond acceptors (Lipinski definition) is 1. The summed E-state index contributed by atoms with van der Waals surface area (Å²) in [6, 6.07) is 29.9. The van der Waals surface area contributed by atoms with Crippen LogP contribution in [0.5, 0.6) is 0 Å². The lowest BCUT2D eigenvalue weighted by atomic mass is 9.73. The molecule has 1 aliphatic rings. The molecule has 0 fully saturated rings. The second-order valence-corrected chi connectivity index (χ2v) is 8.23. The number of fused-ring (bicyclic) bond motifs is 1. The number of rotatable bonds is 7. The van der Waals surface area contributed by atoms with Crippen molar-refractivity contribution in [2.75, 3.05) is 0 Å². The van der Waals surface area contributed by atoms with E-state index in [9.17, 15) is 4.79 Å². The molecular weight excluding hydrogens is 354 g/mol. The Bertz CT molecular complexity index is 896. The molecule has 29 heavy (non-hydrogen) atoms. The van der Waals surface area contributed by atoms with Gasteiger partial charge in [0.2, 0.25) is 5.91 Å². The van der Waals surface area contributed by atoms with Crippen molar-refractivity contribution < 1.29 is 4.79 Å². The van der Waals surface area contributed by atoms with Crippen LogP contribution in [0.2, 0.25) is 0 Å². The minimum atomic E-state index is -0.144. The molecule has 4 rings (SSSR count). The summed E-state index contributed by atoms with van der Waals surface area (Å²) in [7, 11) is 0. The maximum atomic E-state index is 12.4. The highest BCUT2D eigenvalue weighted by Crippen LogP contribution is 2.36. The Morgan fingerprint density at radius 3 is 1.93 bits per heavy atom. The first-order valence-corrected chi connectivity index (χ1v) is 10.7. The quantitative estimate of drug-likeness (QED) is 0.575. The smallest absolute Gasteiger partial charge is 0.220 e. The second-order valence-electron chi connectivity index (χ2n) is 8.23. The Morgan fingerprint density at radius 1 is 0.793 bits per heavy atom. The third-order valence-corrected chi connectivity index (χ3v) is 6.49. The minimum absolute atomic E-state index is 0.0710. The lowest BCUT2D eigenvalue weighted by Crippen LogP contribution is -2.33. The van der Waals surface area contributed by atoms with Crippen molar-refractivity contribution in [2.24, 2.45) is 17.6 Å². The Kier molecular flexibility index (Phi) is 6.09. The van der Waals surface area contributed by atoms with E-state index in [2.05, 4.69) is 84.9 Å². The minimum Gasteiger partial charge on any atom is -0.369 e. The average molecular weight is 384 g/mol. The van der Waals surface area contributed by atoms with Gasteiger partial charge in [-0.2, -0.15) is 0 Å². The van der Waals surface area contributed by atoms with Crippen LogP contribution >= 0.6 is 0 Å². The molecule has 0 saturated heterocycles. The number of benzene rings is 3. The first-order chi connectivity index (χ1) is 14.2. The number of aryl methyl sites for hydroxylation is 1. The largest absolute Gasteiger partial charge is 0.369 e. The maximum Gasteiger partial charge on any atom is 0.220 e. The molecule has 0 aliphatic heterocycles. The van der Waals surface area contributed by atoms with E-state index in [0.29, 0.717) is 5.92 Å². The highest BCUT2D eigenvalue weighted by atomic mass is 16.1. The van der Waals surface area contributed by atoms with Crippen LogP contribution in [0.4, 0.5) is 0 Å². The zero-order chi connectivity index (χ0) is 20.1. The van der Waals surface area contributed by atoms with Gasteiger partial charge >= 0.3 is 0 Å². The lowest BCUT2D eigenvalue weighted by molar-refractivity contribution is -0.123. The van der Waals surface area contributed by atoms with Crippen LogP contribution in [0, 0.1) is 11.8 Å². The summed E-state index contributed by atoms with van der Waals surface area (Å²) in [5.74, 6) is 0.414. The molecule has 1 amide bonds. The van der Waals surface area contributed by atoms with E-state index >= 15 is 0 Å². The van der Waals surface area contributed by atoms with E-state index in [1.807, 2.05) is 0 Å². The summed E-state index contributed by atoms with van der Waals surface area (Å²) in [5, 5.41) is 0. The fraction of sp³-hybridized carbons (Fsp3) is 0.296. The molecule has 0 saturated carbocycles. The average Bonchev–Trinajstić information content (AvgIpc) is 2.77. The van der Waals surface area contributed by atoms with Crippen LogP contribution in [-0.2, 0) is 17.6 Å². The maximum absolute atomic E-state index is 12.4. The van der Waals surface area contributed by atoms with Gasteiger partial charge < -0.3 is 5.73 Å². The van der Waals surface area contributed by atoms with E-state index in [1.54, 1.807) is 0 Å². The number of amides is 1. The summed E-state index contributed by atoms with van der Waals surface area (Å²) in [6.45, 7) is 0. The van der Waals surface area contributed by atoms with Crippen LogP contribution in [0.1, 0.15) is 47.4 Å². The van der Waals surface area contributed by atoms with E-state index in [4.69, 9.17) is 5.73 Å². The topological polar surface area (TPSA) is 43.1 Å². The first-order valence-electron chi connectivity index (χ1n) is 10.7. The number of hydrogen-bond donors (Lipinski definition) is 1. The Balaban J connectivity index is 1.53. The van der Waals surface area contributed by atoms with E-state index in [-0.39, 0.29) is 17.7 Å². The molecule has 148 valence electrons. The standard InChI is InChI=1S/C27H29NO/c28-27(29)26(24-16-15-20-9-7-8-14-23(20)19-24)18-17-25(21-10-3-1-4-11-21)22-12-5-2-6-13-22/h1-14,24-26H,15-19H2,(H2,28,29). The SMILES string of the molecule is NC(=O)C(CCC(c1ccccc1)c1ccccc1)C1CCc2ccccc2C1. The molecule has 3 aromatic carbocycles. The molecule has 0 heterocycles. The molecule has 3 aromatic rings. The van der Waals surface area contributed by atoms with Crippen molar-refractivity contribution in [1.29, 1.82) is 0 Å². The van der Waals surface area contributed by atoms with Gasteiger partial charge in [-0.15, -0.1) is 0 Å². The molecule has 2 heteroatoms. The Hall–Kier alpha value is -2.87. The van der Waals surface area contributed by atoms with Gasteiger partial charge in [0.05, 0.1) is 0 Å². The molecule has 2 unspecified atom stereocenters. The number of carbonyl (C=O) groups is 1. The van der Waals surface area contributed by atoms with Gasteiger partial charge in [-0.1, -0.05) is 84.9 Å². The molecule has 1 aliphatic carbocycles. The first kappa shape index (κ1) is 19.4. The molecule has 0 radical (unpaired) electrons. The Labute approximate surface area is 173 Å². The predicted octanol–water partition coefficient (Wildman–Crippen LogP) is 5.51. The zero-order valence-electron chi connectivity index (χ0n) is 16.8. The van der Waals surface area contributed by atoms with Crippen LogP contribution in [-0.4, -0.2) is 5.91 Å². The molecular formula is C27H29NO. The van der Waals surface area contributed by atoms with Crippen molar-refractivity contribution in [3.05, 3.63) is 107 Å². The van der Waals surface area contributed by atoms with Gasteiger partial charge in [-0.3, -0.25) is 4.79 Å². The molecule has 0 spiro atoms. The fourth-order valence-electron chi connectivity index (χ4n) is 4.92. The number of primary amides is 1. The van der Waals surface area contributed by atoms with Crippen LogP contribution in [0.15, 0.2) is 84.9 Å². The van der Waals surface area contributed by atoms with Crippen molar-refractivity contribution in [3.8, 4) is 0 Å². The summed E-state index contributed by atoms with van der Waals surface area (Å²) in [4.78, 5) is 12.4. The van der Waals surface area contributed by atoms with Gasteiger partial charge in [0.1, 0.15) is 0 Å². The molecule has 2 N–H and O–H groups in total. The second kappa shape index (κ2) is 9.09. The summed E-state index contributed by atoms with van der Waals surface area (Å²) < 4.78 is 0. The summed E-state index contributed by atoms with van der Waals surface area (Å²) in [6.07, 6.45) is 4.82. The van der Waals surface area contributed by atoms with E-state index in [0.717, 1.165) is 32.1 Å². The van der Waals surface area contributed by atoms with Crippen molar-refractivity contribution >= 4 is 5.91 Å². The van der Waals surface area contributed by atoms with E-state index in [1.165, 1.54) is 22.3 Å². The van der Waals surface area contributed by atoms with Gasteiger partial charge in [-0.05, 0) is 60.3 Å². The highest BCUT2D eigenvalue weighted by molar-refractivity contribution is 5.77. The lowest BCUT2D eigenvalue weighted by Gasteiger charge is -2.31. The van der Waals surface area contributed by atoms with E-state index < -0.39 is 0 Å². The van der Waals surface area contributed by atoms with Crippen LogP contribution in [0.25, 0.3) is 0 Å². The van der Waals surface area contributed by atoms with Gasteiger partial charge in [0, 0.05) is 11.8 Å². The fourth-order valence-corrected chi connectivity index (χ4v) is 4.92. The third-order valence-electron chi connectivity index (χ3n) is 6.49. The predicted molar refractivity (Wildman–Crippen MR) is 119 cm³/mol. The Morgan fingerprint density at radius 2 is 1.34 bits per heavy atom. The zero-order valence-corrected chi connectivity index (χ0v) is 16.8. The van der Waals surface area contributed by atoms with Crippen molar-refractivity contribution in [2.45, 2.75) is 38.0 Å². The molecule has 2 atom stereocenters. The summed E-state index contributed by atoms with van der Waals surface area (Å²) >= 11 is 0.